The summed E-state index contributed by atoms with van der Waals surface area (Å²) in [5.41, 5.74) is 2.87. The van der Waals surface area contributed by atoms with Crippen LogP contribution in [-0.4, -0.2) is 31.3 Å². The first kappa shape index (κ1) is 15.3. The SMILES string of the molecule is CCC1CN(c2ccccc2CNC(C)(C)C)CCO1. The topological polar surface area (TPSA) is 24.5 Å². The van der Waals surface area contributed by atoms with Gasteiger partial charge >= 0.3 is 0 Å². The molecule has 0 aromatic heterocycles. The lowest BCUT2D eigenvalue weighted by atomic mass is 10.1. The fourth-order valence-corrected chi connectivity index (χ4v) is 2.51. The van der Waals surface area contributed by atoms with Crippen LogP contribution in [0, 0.1) is 0 Å². The van der Waals surface area contributed by atoms with Gasteiger partial charge in [-0.25, -0.2) is 0 Å². The molecule has 0 amide bonds. The molecule has 20 heavy (non-hydrogen) atoms. The quantitative estimate of drug-likeness (QED) is 0.914. The van der Waals surface area contributed by atoms with Gasteiger partial charge in [0.25, 0.3) is 0 Å². The van der Waals surface area contributed by atoms with Crippen molar-refractivity contribution >= 4 is 5.69 Å². The van der Waals surface area contributed by atoms with Crippen molar-refractivity contribution in [3.05, 3.63) is 29.8 Å². The number of benzene rings is 1. The Balaban J connectivity index is 2.10. The summed E-state index contributed by atoms with van der Waals surface area (Å²) >= 11 is 0. The Kier molecular flexibility index (Phi) is 5.06. The van der Waals surface area contributed by atoms with Crippen LogP contribution in [0.4, 0.5) is 5.69 Å². The summed E-state index contributed by atoms with van der Waals surface area (Å²) in [5, 5.41) is 3.58. The maximum Gasteiger partial charge on any atom is 0.0748 e. The molecule has 1 aromatic carbocycles. The van der Waals surface area contributed by atoms with Crippen molar-refractivity contribution in [2.24, 2.45) is 0 Å². The predicted molar refractivity (Wildman–Crippen MR) is 85.3 cm³/mol. The van der Waals surface area contributed by atoms with E-state index in [-0.39, 0.29) is 5.54 Å². The second-order valence-corrected chi connectivity index (χ2v) is 6.58. The van der Waals surface area contributed by atoms with Gasteiger partial charge in [-0.05, 0) is 38.8 Å². The summed E-state index contributed by atoms with van der Waals surface area (Å²) < 4.78 is 5.78. The van der Waals surface area contributed by atoms with Gasteiger partial charge in [0.1, 0.15) is 0 Å². The Bertz CT molecular complexity index is 425. The molecule has 112 valence electrons. The van der Waals surface area contributed by atoms with Gasteiger partial charge in [0, 0.05) is 30.9 Å². The molecule has 2 rings (SSSR count). The summed E-state index contributed by atoms with van der Waals surface area (Å²) in [6, 6.07) is 8.72. The Morgan fingerprint density at radius 2 is 2.05 bits per heavy atom. The minimum absolute atomic E-state index is 0.143. The molecule has 1 aliphatic rings. The maximum atomic E-state index is 5.78. The molecule has 1 fully saturated rings. The molecule has 0 aliphatic carbocycles. The lowest BCUT2D eigenvalue weighted by molar-refractivity contribution is 0.0384. The van der Waals surface area contributed by atoms with E-state index in [4.69, 9.17) is 4.74 Å². The third-order valence-electron chi connectivity index (χ3n) is 3.74. The van der Waals surface area contributed by atoms with Crippen LogP contribution in [0.5, 0.6) is 0 Å². The van der Waals surface area contributed by atoms with Crippen molar-refractivity contribution in [3.8, 4) is 0 Å². The van der Waals surface area contributed by atoms with Gasteiger partial charge in [-0.3, -0.25) is 0 Å². The Morgan fingerprint density at radius 3 is 2.75 bits per heavy atom. The Labute approximate surface area is 123 Å². The fraction of sp³-hybridized carbons (Fsp3) is 0.647. The van der Waals surface area contributed by atoms with Crippen molar-refractivity contribution in [2.45, 2.75) is 52.3 Å². The first-order chi connectivity index (χ1) is 9.49. The summed E-state index contributed by atoms with van der Waals surface area (Å²) in [4.78, 5) is 2.47. The molecule has 1 atom stereocenters. The predicted octanol–water partition coefficient (Wildman–Crippen LogP) is 3.19. The summed E-state index contributed by atoms with van der Waals surface area (Å²) in [6.07, 6.45) is 1.45. The van der Waals surface area contributed by atoms with Crippen LogP contribution >= 0.6 is 0 Å². The number of para-hydroxylation sites is 1. The standard InChI is InChI=1S/C17H28N2O/c1-5-15-13-19(10-11-20-15)16-9-7-6-8-14(16)12-18-17(2,3)4/h6-9,15,18H,5,10-13H2,1-4H3. The third kappa shape index (κ3) is 4.22. The average Bonchev–Trinajstić information content (AvgIpc) is 2.45. The van der Waals surface area contributed by atoms with Crippen LogP contribution in [-0.2, 0) is 11.3 Å². The average molecular weight is 276 g/mol. The Hall–Kier alpha value is -1.06. The zero-order valence-electron chi connectivity index (χ0n) is 13.3. The first-order valence-corrected chi connectivity index (χ1v) is 7.69. The highest BCUT2D eigenvalue weighted by Crippen LogP contribution is 2.23. The lowest BCUT2D eigenvalue weighted by Gasteiger charge is -2.35. The van der Waals surface area contributed by atoms with Gasteiger partial charge in [0.15, 0.2) is 0 Å². The van der Waals surface area contributed by atoms with Crippen molar-refractivity contribution in [1.82, 2.24) is 5.32 Å². The molecule has 0 radical (unpaired) electrons. The van der Waals surface area contributed by atoms with E-state index in [1.54, 1.807) is 0 Å². The molecule has 1 N–H and O–H groups in total. The van der Waals surface area contributed by atoms with Gasteiger partial charge in [-0.15, -0.1) is 0 Å². The number of anilines is 1. The second-order valence-electron chi connectivity index (χ2n) is 6.58. The minimum Gasteiger partial charge on any atom is -0.375 e. The lowest BCUT2D eigenvalue weighted by Crippen LogP contribution is -2.43. The van der Waals surface area contributed by atoms with E-state index < -0.39 is 0 Å². The highest BCUT2D eigenvalue weighted by molar-refractivity contribution is 5.54. The number of hydrogen-bond acceptors (Lipinski definition) is 3. The third-order valence-corrected chi connectivity index (χ3v) is 3.74. The van der Waals surface area contributed by atoms with E-state index in [0.29, 0.717) is 6.10 Å². The van der Waals surface area contributed by atoms with Gasteiger partial charge in [-0.1, -0.05) is 25.1 Å². The van der Waals surface area contributed by atoms with Crippen LogP contribution in [0.25, 0.3) is 0 Å². The van der Waals surface area contributed by atoms with E-state index in [0.717, 1.165) is 32.7 Å². The summed E-state index contributed by atoms with van der Waals surface area (Å²) in [7, 11) is 0. The first-order valence-electron chi connectivity index (χ1n) is 7.69. The van der Waals surface area contributed by atoms with E-state index in [1.807, 2.05) is 0 Å². The van der Waals surface area contributed by atoms with E-state index in [2.05, 4.69) is 62.2 Å². The fourth-order valence-electron chi connectivity index (χ4n) is 2.51. The highest BCUT2D eigenvalue weighted by Gasteiger charge is 2.21. The van der Waals surface area contributed by atoms with Gasteiger partial charge in [0.05, 0.1) is 12.7 Å². The molecule has 1 aliphatic heterocycles. The zero-order valence-corrected chi connectivity index (χ0v) is 13.3. The van der Waals surface area contributed by atoms with E-state index >= 15 is 0 Å². The van der Waals surface area contributed by atoms with Gasteiger partial charge in [0.2, 0.25) is 0 Å². The molecule has 0 spiro atoms. The monoisotopic (exact) mass is 276 g/mol. The number of hydrogen-bond donors (Lipinski definition) is 1. The van der Waals surface area contributed by atoms with Crippen LogP contribution < -0.4 is 10.2 Å². The van der Waals surface area contributed by atoms with Crippen LogP contribution in [0.2, 0.25) is 0 Å². The van der Waals surface area contributed by atoms with Crippen LogP contribution in [0.1, 0.15) is 39.7 Å². The molecule has 1 saturated heterocycles. The Morgan fingerprint density at radius 1 is 1.30 bits per heavy atom. The van der Waals surface area contributed by atoms with Crippen molar-refractivity contribution in [2.75, 3.05) is 24.6 Å². The van der Waals surface area contributed by atoms with E-state index in [9.17, 15) is 0 Å². The molecule has 0 saturated carbocycles. The van der Waals surface area contributed by atoms with Gasteiger partial charge in [-0.2, -0.15) is 0 Å². The number of morpholine rings is 1. The second kappa shape index (κ2) is 6.59. The molecule has 1 heterocycles. The van der Waals surface area contributed by atoms with E-state index in [1.165, 1.54) is 11.3 Å². The molecule has 0 bridgehead atoms. The molecule has 1 aromatic rings. The molecule has 3 nitrogen and oxygen atoms in total. The summed E-state index contributed by atoms with van der Waals surface area (Å²) in [6.45, 7) is 12.5. The number of nitrogens with zero attached hydrogens (tertiary/aromatic N) is 1. The van der Waals surface area contributed by atoms with Crippen LogP contribution in [0.3, 0.4) is 0 Å². The summed E-state index contributed by atoms with van der Waals surface area (Å²) in [5.74, 6) is 0. The molecule has 3 heteroatoms. The van der Waals surface area contributed by atoms with Crippen molar-refractivity contribution in [3.63, 3.8) is 0 Å². The maximum absolute atomic E-state index is 5.78. The smallest absolute Gasteiger partial charge is 0.0748 e. The van der Waals surface area contributed by atoms with Crippen LogP contribution in [0.15, 0.2) is 24.3 Å². The number of rotatable bonds is 4. The largest absolute Gasteiger partial charge is 0.375 e. The van der Waals surface area contributed by atoms with Crippen molar-refractivity contribution in [1.29, 1.82) is 0 Å². The highest BCUT2D eigenvalue weighted by atomic mass is 16.5. The van der Waals surface area contributed by atoms with Crippen molar-refractivity contribution < 1.29 is 4.74 Å². The zero-order chi connectivity index (χ0) is 14.6. The number of ether oxygens (including phenoxy) is 1. The minimum atomic E-state index is 0.143. The normalized spacial score (nSPS) is 20.2. The molecular formula is C17H28N2O. The van der Waals surface area contributed by atoms with Gasteiger partial charge < -0.3 is 15.0 Å². The molecule has 1 unspecified atom stereocenters. The number of nitrogens with one attached hydrogen (secondary N) is 1. The molecular weight excluding hydrogens is 248 g/mol.